The molecule has 1 fully saturated rings. The van der Waals surface area contributed by atoms with Gasteiger partial charge in [-0.25, -0.2) is 4.98 Å². The minimum Gasteiger partial charge on any atom is -0.369 e. The van der Waals surface area contributed by atoms with Crippen LogP contribution in [0.1, 0.15) is 25.7 Å². The van der Waals surface area contributed by atoms with Crippen LogP contribution in [-0.2, 0) is 6.54 Å². The molecule has 1 aliphatic heterocycles. The second-order valence-corrected chi connectivity index (χ2v) is 4.23. The predicted molar refractivity (Wildman–Crippen MR) is 61.5 cm³/mol. The molecule has 84 valence electrons. The van der Waals surface area contributed by atoms with Gasteiger partial charge in [0.2, 0.25) is 0 Å². The van der Waals surface area contributed by atoms with E-state index in [0.717, 1.165) is 6.54 Å². The molecule has 0 aromatic carbocycles. The maximum Gasteiger partial charge on any atom is 0.200 e. The molecule has 4 heteroatoms. The Balaban J connectivity index is 1.68. The summed E-state index contributed by atoms with van der Waals surface area (Å²) in [6.07, 6.45) is 9.02. The molecule has 1 aromatic rings. The molecule has 0 saturated carbocycles. The van der Waals surface area contributed by atoms with Crippen LogP contribution in [0.2, 0.25) is 0 Å². The molecule has 15 heavy (non-hydrogen) atoms. The summed E-state index contributed by atoms with van der Waals surface area (Å²) < 4.78 is 2.02. The molecule has 1 aliphatic rings. The lowest BCUT2D eigenvalue weighted by Gasteiger charge is -2.26. The van der Waals surface area contributed by atoms with Gasteiger partial charge in [0.05, 0.1) is 0 Å². The van der Waals surface area contributed by atoms with Crippen molar-refractivity contribution in [3.05, 3.63) is 12.4 Å². The fraction of sp³-hybridized carbons (Fsp3) is 0.727. The van der Waals surface area contributed by atoms with E-state index >= 15 is 0 Å². The number of hydrogen-bond acceptors (Lipinski definition) is 3. The highest BCUT2D eigenvalue weighted by Crippen LogP contribution is 2.09. The highest BCUT2D eigenvalue weighted by Gasteiger charge is 2.09. The molecule has 1 saturated heterocycles. The van der Waals surface area contributed by atoms with Crippen LogP contribution in [0, 0.1) is 0 Å². The number of nitrogens with two attached hydrogens (primary N) is 1. The van der Waals surface area contributed by atoms with Crippen LogP contribution >= 0.6 is 0 Å². The first kappa shape index (κ1) is 10.5. The Labute approximate surface area is 91.1 Å². The third-order valence-electron chi connectivity index (χ3n) is 3.07. The van der Waals surface area contributed by atoms with Crippen LogP contribution in [0.15, 0.2) is 12.4 Å². The Morgan fingerprint density at radius 3 is 2.67 bits per heavy atom. The van der Waals surface area contributed by atoms with Gasteiger partial charge < -0.3 is 15.2 Å². The van der Waals surface area contributed by atoms with Crippen LogP contribution in [-0.4, -0.2) is 34.1 Å². The third-order valence-corrected chi connectivity index (χ3v) is 3.07. The number of hydrogen-bond donors (Lipinski definition) is 1. The standard InChI is InChI=1S/C11H20N4/c12-11-13-5-10-15(11)9-4-8-14-6-2-1-3-7-14/h5,10H,1-4,6-9H2,(H2,12,13). The van der Waals surface area contributed by atoms with Crippen LogP contribution in [0.3, 0.4) is 0 Å². The van der Waals surface area contributed by atoms with Crippen molar-refractivity contribution in [2.75, 3.05) is 25.4 Å². The Morgan fingerprint density at radius 1 is 1.20 bits per heavy atom. The number of nitrogens with zero attached hydrogens (tertiary/aromatic N) is 3. The van der Waals surface area contributed by atoms with E-state index in [9.17, 15) is 0 Å². The van der Waals surface area contributed by atoms with E-state index in [-0.39, 0.29) is 0 Å². The molecule has 1 aromatic heterocycles. The number of likely N-dealkylation sites (tertiary alicyclic amines) is 1. The average Bonchev–Trinajstić information content (AvgIpc) is 2.66. The van der Waals surface area contributed by atoms with Gasteiger partial charge in [0.25, 0.3) is 0 Å². The van der Waals surface area contributed by atoms with Gasteiger partial charge in [-0.3, -0.25) is 0 Å². The number of imidazole rings is 1. The number of piperidine rings is 1. The second kappa shape index (κ2) is 5.16. The Bertz CT molecular complexity index is 289. The minimum absolute atomic E-state index is 0.633. The maximum atomic E-state index is 5.70. The summed E-state index contributed by atoms with van der Waals surface area (Å²) in [5.74, 6) is 0.633. The number of rotatable bonds is 4. The third kappa shape index (κ3) is 2.96. The molecule has 0 spiro atoms. The number of anilines is 1. The van der Waals surface area contributed by atoms with Gasteiger partial charge in [0.15, 0.2) is 5.95 Å². The normalized spacial score (nSPS) is 18.1. The molecule has 0 unspecified atom stereocenters. The van der Waals surface area contributed by atoms with E-state index in [1.54, 1.807) is 6.20 Å². The average molecular weight is 208 g/mol. The summed E-state index contributed by atoms with van der Waals surface area (Å²) in [6.45, 7) is 4.73. The van der Waals surface area contributed by atoms with Gasteiger partial charge in [0.1, 0.15) is 0 Å². The molecule has 2 heterocycles. The molecule has 0 amide bonds. The quantitative estimate of drug-likeness (QED) is 0.812. The van der Waals surface area contributed by atoms with Gasteiger partial charge in [-0.1, -0.05) is 6.42 Å². The Morgan fingerprint density at radius 2 is 2.00 bits per heavy atom. The summed E-state index contributed by atoms with van der Waals surface area (Å²) in [5.41, 5.74) is 5.70. The van der Waals surface area contributed by atoms with Crippen molar-refractivity contribution < 1.29 is 0 Å². The van der Waals surface area contributed by atoms with E-state index in [0.29, 0.717) is 5.95 Å². The number of aryl methyl sites for hydroxylation is 1. The molecular formula is C11H20N4. The Kier molecular flexibility index (Phi) is 3.61. The zero-order valence-corrected chi connectivity index (χ0v) is 9.23. The van der Waals surface area contributed by atoms with Crippen molar-refractivity contribution in [3.63, 3.8) is 0 Å². The molecular weight excluding hydrogens is 188 g/mol. The van der Waals surface area contributed by atoms with E-state index < -0.39 is 0 Å². The minimum atomic E-state index is 0.633. The monoisotopic (exact) mass is 208 g/mol. The van der Waals surface area contributed by atoms with E-state index in [1.165, 1.54) is 45.3 Å². The first-order valence-corrected chi connectivity index (χ1v) is 5.85. The van der Waals surface area contributed by atoms with Crippen LogP contribution in [0.25, 0.3) is 0 Å². The second-order valence-electron chi connectivity index (χ2n) is 4.23. The zero-order valence-electron chi connectivity index (χ0n) is 9.23. The molecule has 0 bridgehead atoms. The molecule has 0 aliphatic carbocycles. The van der Waals surface area contributed by atoms with Crippen LogP contribution in [0.4, 0.5) is 5.95 Å². The summed E-state index contributed by atoms with van der Waals surface area (Å²) >= 11 is 0. The summed E-state index contributed by atoms with van der Waals surface area (Å²) in [5, 5.41) is 0. The molecule has 0 radical (unpaired) electrons. The van der Waals surface area contributed by atoms with Crippen molar-refractivity contribution in [1.82, 2.24) is 14.5 Å². The van der Waals surface area contributed by atoms with Gasteiger partial charge in [-0.2, -0.15) is 0 Å². The van der Waals surface area contributed by atoms with Crippen LogP contribution < -0.4 is 5.73 Å². The highest BCUT2D eigenvalue weighted by atomic mass is 15.1. The SMILES string of the molecule is Nc1nccn1CCCN1CCCCC1. The summed E-state index contributed by atoms with van der Waals surface area (Å²) in [6, 6.07) is 0. The van der Waals surface area contributed by atoms with E-state index in [2.05, 4.69) is 9.88 Å². The van der Waals surface area contributed by atoms with E-state index in [4.69, 9.17) is 5.73 Å². The smallest absolute Gasteiger partial charge is 0.200 e. The molecule has 2 N–H and O–H groups in total. The van der Waals surface area contributed by atoms with Gasteiger partial charge in [0, 0.05) is 18.9 Å². The predicted octanol–water partition coefficient (Wildman–Crippen LogP) is 1.34. The summed E-state index contributed by atoms with van der Waals surface area (Å²) in [4.78, 5) is 6.56. The maximum absolute atomic E-state index is 5.70. The lowest BCUT2D eigenvalue weighted by molar-refractivity contribution is 0.223. The van der Waals surface area contributed by atoms with Crippen molar-refractivity contribution in [1.29, 1.82) is 0 Å². The number of nitrogen functional groups attached to an aromatic ring is 1. The van der Waals surface area contributed by atoms with Crippen LogP contribution in [0.5, 0.6) is 0 Å². The topological polar surface area (TPSA) is 47.1 Å². The highest BCUT2D eigenvalue weighted by molar-refractivity contribution is 5.16. The van der Waals surface area contributed by atoms with Gasteiger partial charge >= 0.3 is 0 Å². The van der Waals surface area contributed by atoms with Crippen molar-refractivity contribution in [3.8, 4) is 0 Å². The fourth-order valence-corrected chi connectivity index (χ4v) is 2.18. The fourth-order valence-electron chi connectivity index (χ4n) is 2.18. The summed E-state index contributed by atoms with van der Waals surface area (Å²) in [7, 11) is 0. The Hall–Kier alpha value is -1.03. The zero-order chi connectivity index (χ0) is 10.5. The largest absolute Gasteiger partial charge is 0.369 e. The van der Waals surface area contributed by atoms with Gasteiger partial charge in [-0.05, 0) is 38.9 Å². The van der Waals surface area contributed by atoms with Crippen molar-refractivity contribution in [2.24, 2.45) is 0 Å². The van der Waals surface area contributed by atoms with Gasteiger partial charge in [-0.15, -0.1) is 0 Å². The molecule has 0 atom stereocenters. The lowest BCUT2D eigenvalue weighted by Crippen LogP contribution is -2.31. The first-order valence-electron chi connectivity index (χ1n) is 5.85. The van der Waals surface area contributed by atoms with Crippen molar-refractivity contribution >= 4 is 5.95 Å². The molecule has 4 nitrogen and oxygen atoms in total. The van der Waals surface area contributed by atoms with E-state index in [1.807, 2.05) is 10.8 Å². The first-order chi connectivity index (χ1) is 7.36. The lowest BCUT2D eigenvalue weighted by atomic mass is 10.1. The van der Waals surface area contributed by atoms with Crippen molar-refractivity contribution in [2.45, 2.75) is 32.2 Å². The molecule has 2 rings (SSSR count). The number of aromatic nitrogens is 2.